The normalized spacial score (nSPS) is 21.5. The number of hydrogen-bond donors (Lipinski definition) is 4. The zero-order valence-electron chi connectivity index (χ0n) is 49.5. The first kappa shape index (κ1) is 61.2. The largest absolute Gasteiger partial charge is 0.356 e. The van der Waals surface area contributed by atoms with Crippen LogP contribution in [0.25, 0.3) is 22.3 Å². The van der Waals surface area contributed by atoms with Crippen molar-refractivity contribution in [3.8, 4) is 22.3 Å². The number of nitrogens with zero attached hydrogens (tertiary/aromatic N) is 10. The summed E-state index contributed by atoms with van der Waals surface area (Å²) in [6, 6.07) is 25.8. The third-order valence-electron chi connectivity index (χ3n) is 16.4. The van der Waals surface area contributed by atoms with Gasteiger partial charge in [0.1, 0.15) is 11.6 Å². The summed E-state index contributed by atoms with van der Waals surface area (Å²) in [5.74, 6) is 1.87. The quantitative estimate of drug-likeness (QED) is 0.0955. The minimum absolute atomic E-state index is 0.00215. The standard InChI is InChI=1S/2C33H43N7O2/c2*1-25(41)34-12-4-2-9-31-32(42)10-3-5-13-36-33-37-22-29(23-38-33)28-11-14-35-30(21-28)20-26-7-6-8-27(19-26)24-39-15-17-40(31)18-16-39/h2*6-8,11,14,19,21-23,31H,2-5,9-10,12-13,15-18,20,24H2,1H3,(H,34,41)(H,36,37,38). The van der Waals surface area contributed by atoms with Crippen molar-refractivity contribution < 1.29 is 19.2 Å². The van der Waals surface area contributed by atoms with Crippen LogP contribution in [0.3, 0.4) is 0 Å². The number of hydrogen-bond acceptors (Lipinski definition) is 16. The monoisotopic (exact) mass is 1140 g/mol. The van der Waals surface area contributed by atoms with Gasteiger partial charge in [0.05, 0.1) is 12.1 Å². The summed E-state index contributed by atoms with van der Waals surface area (Å²) in [5.41, 5.74) is 11.2. The molecule has 18 heteroatoms. The van der Waals surface area contributed by atoms with E-state index < -0.39 is 0 Å². The molecular formula is C66H86N14O4. The maximum Gasteiger partial charge on any atom is 0.222 e. The van der Waals surface area contributed by atoms with Crippen molar-refractivity contribution in [2.24, 2.45) is 0 Å². The average molecular weight is 1140 g/mol. The summed E-state index contributed by atoms with van der Waals surface area (Å²) in [4.78, 5) is 86.5. The number of rotatable bonds is 10. The van der Waals surface area contributed by atoms with Gasteiger partial charge in [-0.25, -0.2) is 19.9 Å². The van der Waals surface area contributed by atoms with Crippen LogP contribution in [0.2, 0.25) is 0 Å². The number of carbonyl (C=O) groups excluding carboxylic acids is 4. The van der Waals surface area contributed by atoms with E-state index in [9.17, 15) is 19.2 Å². The first-order chi connectivity index (χ1) is 41.1. The molecule has 444 valence electrons. The molecule has 0 aliphatic carbocycles. The van der Waals surface area contributed by atoms with E-state index in [-0.39, 0.29) is 23.9 Å². The molecule has 14 heterocycles. The van der Waals surface area contributed by atoms with Crippen LogP contribution in [0.1, 0.15) is 125 Å². The van der Waals surface area contributed by atoms with Gasteiger partial charge in [-0.2, -0.15) is 0 Å². The number of amides is 2. The second-order valence-electron chi connectivity index (χ2n) is 23.0. The fourth-order valence-electron chi connectivity index (χ4n) is 11.9. The Balaban J connectivity index is 0.000000202. The van der Waals surface area contributed by atoms with E-state index >= 15 is 0 Å². The van der Waals surface area contributed by atoms with Gasteiger partial charge in [0.25, 0.3) is 0 Å². The Labute approximate surface area is 496 Å². The fourth-order valence-corrected chi connectivity index (χ4v) is 11.9. The lowest BCUT2D eigenvalue weighted by molar-refractivity contribution is -0.126. The first-order valence-corrected chi connectivity index (χ1v) is 30.7. The predicted octanol–water partition coefficient (Wildman–Crippen LogP) is 8.17. The highest BCUT2D eigenvalue weighted by Crippen LogP contribution is 2.25. The smallest absolute Gasteiger partial charge is 0.222 e. The molecule has 0 radical (unpaired) electrons. The molecule has 4 N–H and O–H groups in total. The van der Waals surface area contributed by atoms with Gasteiger partial charge < -0.3 is 21.3 Å². The Morgan fingerprint density at radius 3 is 1.30 bits per heavy atom. The number of ketones is 2. The maximum absolute atomic E-state index is 13.5. The highest BCUT2D eigenvalue weighted by Gasteiger charge is 2.30. The summed E-state index contributed by atoms with van der Waals surface area (Å²) in [5, 5.41) is 12.4. The molecule has 2 amide bonds. The summed E-state index contributed by atoms with van der Waals surface area (Å²) >= 11 is 0. The molecule has 16 rings (SSSR count). The summed E-state index contributed by atoms with van der Waals surface area (Å²) in [6.45, 7) is 15.1. The highest BCUT2D eigenvalue weighted by atomic mass is 16.2. The second kappa shape index (κ2) is 32.0. The Kier molecular flexibility index (Phi) is 23.3. The van der Waals surface area contributed by atoms with Gasteiger partial charge in [0.2, 0.25) is 23.7 Å². The van der Waals surface area contributed by atoms with Crippen LogP contribution in [0.4, 0.5) is 11.9 Å². The molecule has 4 aromatic heterocycles. The number of nitrogens with one attached hydrogen (secondary N) is 4. The van der Waals surface area contributed by atoms with E-state index in [1.807, 2.05) is 49.3 Å². The molecule has 2 saturated heterocycles. The Morgan fingerprint density at radius 1 is 0.488 bits per heavy atom. The fraction of sp³-hybridized carbons (Fsp3) is 0.485. The molecular weight excluding hydrogens is 1050 g/mol. The number of pyridine rings is 2. The van der Waals surface area contributed by atoms with E-state index in [0.29, 0.717) is 49.4 Å². The summed E-state index contributed by atoms with van der Waals surface area (Å²) in [7, 11) is 0. The molecule has 0 saturated carbocycles. The minimum Gasteiger partial charge on any atom is -0.356 e. The van der Waals surface area contributed by atoms with Crippen LogP contribution >= 0.6 is 0 Å². The van der Waals surface area contributed by atoms with Crippen molar-refractivity contribution in [1.29, 1.82) is 0 Å². The van der Waals surface area contributed by atoms with E-state index in [1.54, 1.807) is 13.8 Å². The van der Waals surface area contributed by atoms with Gasteiger partial charge in [-0.3, -0.25) is 48.7 Å². The third-order valence-corrected chi connectivity index (χ3v) is 16.4. The molecule has 2 atom stereocenters. The van der Waals surface area contributed by atoms with Gasteiger partial charge in [-0.05, 0) is 122 Å². The molecule has 2 unspecified atom stereocenters. The highest BCUT2D eigenvalue weighted by molar-refractivity contribution is 5.84. The van der Waals surface area contributed by atoms with Crippen LogP contribution in [0, 0.1) is 0 Å². The molecule has 2 fully saturated rings. The van der Waals surface area contributed by atoms with Crippen LogP contribution < -0.4 is 21.3 Å². The minimum atomic E-state index is -0.0549. The zero-order chi connectivity index (χ0) is 58.3. The zero-order valence-corrected chi connectivity index (χ0v) is 49.5. The lowest BCUT2D eigenvalue weighted by Gasteiger charge is -2.39. The summed E-state index contributed by atoms with van der Waals surface area (Å²) < 4.78 is 0. The number of aromatic nitrogens is 6. The van der Waals surface area contributed by atoms with Gasteiger partial charge in [0, 0.05) is 191 Å². The molecule has 16 bridgehead atoms. The van der Waals surface area contributed by atoms with Gasteiger partial charge in [-0.15, -0.1) is 0 Å². The average Bonchev–Trinajstić information content (AvgIpc) is 3.64. The van der Waals surface area contributed by atoms with Gasteiger partial charge in [-0.1, -0.05) is 48.5 Å². The molecule has 10 aliphatic heterocycles. The number of benzene rings is 2. The number of Topliss-reactive ketones (excluding diaryl/α,β-unsaturated/α-hetero) is 2. The van der Waals surface area contributed by atoms with Crippen molar-refractivity contribution >= 4 is 35.3 Å². The first-order valence-electron chi connectivity index (χ1n) is 30.7. The lowest BCUT2D eigenvalue weighted by Crippen LogP contribution is -2.52. The number of piperazine rings is 2. The lowest BCUT2D eigenvalue weighted by atomic mass is 9.98. The Morgan fingerprint density at radius 2 is 0.893 bits per heavy atom. The van der Waals surface area contributed by atoms with E-state index in [2.05, 4.69) is 131 Å². The molecule has 2 aromatic carbocycles. The topological polar surface area (TPSA) is 207 Å². The number of anilines is 2. The van der Waals surface area contributed by atoms with Crippen molar-refractivity contribution in [2.45, 2.75) is 129 Å². The second-order valence-corrected chi connectivity index (χ2v) is 23.0. The van der Waals surface area contributed by atoms with E-state index in [0.717, 1.165) is 189 Å². The molecule has 84 heavy (non-hydrogen) atoms. The number of carbonyl (C=O) groups is 4. The van der Waals surface area contributed by atoms with Crippen molar-refractivity contribution in [1.82, 2.24) is 60.1 Å². The van der Waals surface area contributed by atoms with Crippen LogP contribution in [-0.2, 0) is 45.1 Å². The SMILES string of the molecule is CC(=O)NCCCCC1C(=O)CCCCNc2ncc(cn2)-c2ccnc(c2)Cc2cccc(c2)CN2CCN1CC2.CC(=O)NCCCCC1C(=O)CCCCNc2ncc(cn2)-c2ccnc(c2)Cc2cccc(c2)CN2CCN1CC2. The van der Waals surface area contributed by atoms with Crippen LogP contribution in [0.5, 0.6) is 0 Å². The maximum atomic E-state index is 13.5. The van der Waals surface area contributed by atoms with E-state index in [4.69, 9.17) is 0 Å². The van der Waals surface area contributed by atoms with Gasteiger partial charge >= 0.3 is 0 Å². The van der Waals surface area contributed by atoms with Crippen molar-refractivity contribution in [2.75, 3.05) is 89.2 Å². The molecule has 10 aliphatic rings. The van der Waals surface area contributed by atoms with Crippen LogP contribution in [0.15, 0.2) is 110 Å². The predicted molar refractivity (Wildman–Crippen MR) is 330 cm³/mol. The molecule has 0 spiro atoms. The van der Waals surface area contributed by atoms with Crippen LogP contribution in [-0.4, -0.2) is 164 Å². The summed E-state index contributed by atoms with van der Waals surface area (Å²) in [6.07, 6.45) is 22.6. The van der Waals surface area contributed by atoms with Gasteiger partial charge in [0.15, 0.2) is 0 Å². The molecule has 6 aromatic rings. The Hall–Kier alpha value is -7.38. The molecule has 18 nitrogen and oxygen atoms in total. The van der Waals surface area contributed by atoms with Crippen molar-refractivity contribution in [3.63, 3.8) is 0 Å². The van der Waals surface area contributed by atoms with E-state index in [1.165, 1.54) is 22.3 Å². The third kappa shape index (κ3) is 19.3. The van der Waals surface area contributed by atoms with Crippen molar-refractivity contribution in [3.05, 3.63) is 144 Å². The number of unbranched alkanes of at least 4 members (excludes halogenated alkanes) is 2. The Bertz CT molecular complexity index is 2850.